The van der Waals surface area contributed by atoms with Crippen molar-refractivity contribution in [3.63, 3.8) is 0 Å². The topological polar surface area (TPSA) is 54.0 Å². The van der Waals surface area contributed by atoms with Gasteiger partial charge in [-0.3, -0.25) is 4.79 Å². The van der Waals surface area contributed by atoms with E-state index >= 15 is 0 Å². The van der Waals surface area contributed by atoms with Gasteiger partial charge in [0.1, 0.15) is 5.78 Å². The van der Waals surface area contributed by atoms with Gasteiger partial charge >= 0.3 is 14.2 Å². The van der Waals surface area contributed by atoms with Crippen molar-refractivity contribution in [3.8, 4) is 0 Å². The van der Waals surface area contributed by atoms with Crippen LogP contribution in [0.4, 0.5) is 0 Å². The summed E-state index contributed by atoms with van der Waals surface area (Å²) in [7, 11) is -0.886. The van der Waals surface area contributed by atoms with E-state index in [0.29, 0.717) is 18.6 Å². The van der Waals surface area contributed by atoms with E-state index in [1.807, 2.05) is 55.4 Å². The van der Waals surface area contributed by atoms with Crippen LogP contribution in [0.2, 0.25) is 5.72 Å². The fourth-order valence-corrected chi connectivity index (χ4v) is 3.45. The molecule has 0 aromatic heterocycles. The second-order valence-electron chi connectivity index (χ2n) is 10.2. The second kappa shape index (κ2) is 6.33. The standard InChI is InChI=1S/C19H34B2O5/c1-16(2)17(3,4)24-20(23-16)15(12-11-14(22)13-9-10-13)21-25-18(5,6)19(7,8)26-21/h13,15H,9-12H2,1-8H3. The Labute approximate surface area is 159 Å². The van der Waals surface area contributed by atoms with Gasteiger partial charge in [-0.1, -0.05) is 0 Å². The molecule has 0 unspecified atom stereocenters. The largest absolute Gasteiger partial charge is 0.458 e. The van der Waals surface area contributed by atoms with Gasteiger partial charge in [0, 0.05) is 18.1 Å². The van der Waals surface area contributed by atoms with Gasteiger partial charge in [-0.15, -0.1) is 0 Å². The first kappa shape index (κ1) is 20.4. The molecule has 7 heteroatoms. The molecule has 3 rings (SSSR count). The van der Waals surface area contributed by atoms with Crippen LogP contribution in [0.3, 0.4) is 0 Å². The highest BCUT2D eigenvalue weighted by Gasteiger charge is 2.61. The Bertz CT molecular complexity index is 500. The van der Waals surface area contributed by atoms with Gasteiger partial charge in [0.25, 0.3) is 0 Å². The summed E-state index contributed by atoms with van der Waals surface area (Å²) >= 11 is 0. The first-order chi connectivity index (χ1) is 11.8. The zero-order chi connectivity index (χ0) is 19.5. The SMILES string of the molecule is CC1(C)OB(C(CCC(=O)C2CC2)B2OC(C)(C)C(C)(C)O2)OC1(C)C. The van der Waals surface area contributed by atoms with E-state index in [4.69, 9.17) is 18.6 Å². The molecule has 146 valence electrons. The maximum Gasteiger partial charge on any atom is 0.458 e. The van der Waals surface area contributed by atoms with Crippen molar-refractivity contribution in [2.75, 3.05) is 0 Å². The average Bonchev–Trinajstić information content (AvgIpc) is 3.22. The van der Waals surface area contributed by atoms with Crippen LogP contribution in [0.1, 0.15) is 81.1 Å². The average molecular weight is 364 g/mol. The van der Waals surface area contributed by atoms with Crippen molar-refractivity contribution in [1.82, 2.24) is 0 Å². The Hall–Kier alpha value is -0.360. The third kappa shape index (κ3) is 3.65. The quantitative estimate of drug-likeness (QED) is 0.671. The van der Waals surface area contributed by atoms with Crippen LogP contribution in [0.25, 0.3) is 0 Å². The van der Waals surface area contributed by atoms with Crippen molar-refractivity contribution in [2.45, 2.75) is 109 Å². The molecule has 2 heterocycles. The normalized spacial score (nSPS) is 28.8. The molecule has 0 atom stereocenters. The zero-order valence-corrected chi connectivity index (χ0v) is 17.7. The Balaban J connectivity index is 1.77. The number of carbonyl (C=O) groups is 1. The van der Waals surface area contributed by atoms with Crippen LogP contribution in [0.5, 0.6) is 0 Å². The van der Waals surface area contributed by atoms with Crippen LogP contribution in [-0.4, -0.2) is 42.4 Å². The molecule has 1 aliphatic carbocycles. The number of rotatable bonds is 6. The molecule has 0 radical (unpaired) electrons. The molecular weight excluding hydrogens is 330 g/mol. The van der Waals surface area contributed by atoms with Gasteiger partial charge in [0.15, 0.2) is 0 Å². The van der Waals surface area contributed by atoms with Gasteiger partial charge in [0.05, 0.1) is 22.4 Å². The molecule has 26 heavy (non-hydrogen) atoms. The van der Waals surface area contributed by atoms with E-state index in [9.17, 15) is 4.79 Å². The Morgan fingerprint density at radius 3 is 1.46 bits per heavy atom. The van der Waals surface area contributed by atoms with Crippen LogP contribution >= 0.6 is 0 Å². The molecular formula is C19H34B2O5. The summed E-state index contributed by atoms with van der Waals surface area (Å²) in [6.45, 7) is 16.4. The minimum Gasteiger partial charge on any atom is -0.403 e. The van der Waals surface area contributed by atoms with Crippen molar-refractivity contribution < 1.29 is 23.4 Å². The number of ketones is 1. The molecule has 0 bridgehead atoms. The lowest BCUT2D eigenvalue weighted by molar-refractivity contribution is -0.120. The fraction of sp³-hybridized carbons (Fsp3) is 0.947. The molecule has 3 aliphatic rings. The highest BCUT2D eigenvalue weighted by Crippen LogP contribution is 2.47. The van der Waals surface area contributed by atoms with Crippen molar-refractivity contribution >= 4 is 20.0 Å². The molecule has 5 nitrogen and oxygen atoms in total. The first-order valence-electron chi connectivity index (χ1n) is 10.00. The summed E-state index contributed by atoms with van der Waals surface area (Å²) < 4.78 is 25.2. The number of Topliss-reactive ketones (excluding diaryl/α,β-unsaturated/α-hetero) is 1. The lowest BCUT2D eigenvalue weighted by Gasteiger charge is -2.32. The number of hydrogen-bond acceptors (Lipinski definition) is 5. The van der Waals surface area contributed by atoms with E-state index in [0.717, 1.165) is 12.8 Å². The minimum absolute atomic E-state index is 0.139. The summed E-state index contributed by atoms with van der Waals surface area (Å²) in [6, 6.07) is 0. The summed E-state index contributed by atoms with van der Waals surface area (Å²) in [4.78, 5) is 12.3. The van der Waals surface area contributed by atoms with Gasteiger partial charge < -0.3 is 18.6 Å². The van der Waals surface area contributed by atoms with E-state index < -0.39 is 36.6 Å². The molecule has 1 saturated carbocycles. The van der Waals surface area contributed by atoms with Gasteiger partial charge in [-0.25, -0.2) is 0 Å². The molecule has 2 aliphatic heterocycles. The van der Waals surface area contributed by atoms with Crippen molar-refractivity contribution in [1.29, 1.82) is 0 Å². The molecule has 0 amide bonds. The van der Waals surface area contributed by atoms with E-state index in [-0.39, 0.29) is 11.6 Å². The Kier molecular flexibility index (Phi) is 4.96. The smallest absolute Gasteiger partial charge is 0.403 e. The van der Waals surface area contributed by atoms with E-state index in [1.165, 1.54) is 0 Å². The Morgan fingerprint density at radius 1 is 0.808 bits per heavy atom. The van der Waals surface area contributed by atoms with Crippen LogP contribution in [0, 0.1) is 5.92 Å². The van der Waals surface area contributed by atoms with Crippen molar-refractivity contribution in [2.24, 2.45) is 5.92 Å². The summed E-state index contributed by atoms with van der Waals surface area (Å²) in [6.07, 6.45) is 3.26. The predicted molar refractivity (Wildman–Crippen MR) is 103 cm³/mol. The molecule has 2 saturated heterocycles. The van der Waals surface area contributed by atoms with Gasteiger partial charge in [-0.05, 0) is 74.7 Å². The van der Waals surface area contributed by atoms with Crippen LogP contribution < -0.4 is 0 Å². The maximum atomic E-state index is 12.3. The monoisotopic (exact) mass is 364 g/mol. The lowest BCUT2D eigenvalue weighted by Crippen LogP contribution is -2.41. The Morgan fingerprint density at radius 2 is 1.15 bits per heavy atom. The summed E-state index contributed by atoms with van der Waals surface area (Å²) in [5.41, 5.74) is -1.81. The molecule has 0 N–H and O–H groups in total. The predicted octanol–water partition coefficient (Wildman–Crippen LogP) is 3.84. The zero-order valence-electron chi connectivity index (χ0n) is 17.7. The van der Waals surface area contributed by atoms with E-state index in [1.54, 1.807) is 0 Å². The molecule has 0 spiro atoms. The molecule has 0 aromatic carbocycles. The van der Waals surface area contributed by atoms with Crippen LogP contribution in [-0.2, 0) is 23.4 Å². The molecule has 0 aromatic rings. The highest BCUT2D eigenvalue weighted by atomic mass is 16.7. The van der Waals surface area contributed by atoms with Crippen molar-refractivity contribution in [3.05, 3.63) is 0 Å². The third-order valence-corrected chi connectivity index (χ3v) is 7.00. The first-order valence-corrected chi connectivity index (χ1v) is 10.00. The third-order valence-electron chi connectivity index (χ3n) is 7.00. The summed E-state index contributed by atoms with van der Waals surface area (Å²) in [5.74, 6) is 0.621. The number of carbonyl (C=O) groups excluding carboxylic acids is 1. The minimum atomic E-state index is -0.443. The highest BCUT2D eigenvalue weighted by molar-refractivity contribution is 6.68. The van der Waals surface area contributed by atoms with Gasteiger partial charge in [-0.2, -0.15) is 0 Å². The van der Waals surface area contributed by atoms with E-state index in [2.05, 4.69) is 0 Å². The van der Waals surface area contributed by atoms with Gasteiger partial charge in [0.2, 0.25) is 0 Å². The maximum absolute atomic E-state index is 12.3. The molecule has 3 fully saturated rings. The lowest BCUT2D eigenvalue weighted by atomic mass is 9.50. The van der Waals surface area contributed by atoms with Crippen LogP contribution in [0.15, 0.2) is 0 Å². The second-order valence-corrected chi connectivity index (χ2v) is 10.2. The fourth-order valence-electron chi connectivity index (χ4n) is 3.45. The number of hydrogen-bond donors (Lipinski definition) is 0. The summed E-state index contributed by atoms with van der Waals surface area (Å²) in [5, 5.41) is 0.